The van der Waals surface area contributed by atoms with Gasteiger partial charge < -0.3 is 15.2 Å². The van der Waals surface area contributed by atoms with Gasteiger partial charge in [0.1, 0.15) is 0 Å². The molecule has 0 heterocycles. The molecule has 0 bridgehead atoms. The van der Waals surface area contributed by atoms with Crippen LogP contribution in [-0.2, 0) is 9.53 Å². The third-order valence-corrected chi connectivity index (χ3v) is 2.15. The second-order valence-electron chi connectivity index (χ2n) is 3.43. The smallest absolute Gasteiger partial charge is 0.407 e. The molecule has 1 atom stereocenters. The number of amides is 1. The molecule has 1 aromatic carbocycles. The summed E-state index contributed by atoms with van der Waals surface area (Å²) < 4.78 is 4.73. The molecule has 1 rings (SSSR count). The number of ether oxygens (including phenoxy) is 1. The molecule has 92 valence electrons. The van der Waals surface area contributed by atoms with Crippen LogP contribution in [0, 0.1) is 0 Å². The first kappa shape index (κ1) is 13.0. The standard InChI is InChI=1S/C12H15NO4/c1-2-17-12(16)13-10(8-11(14)15)9-6-4-3-5-7-9/h3-7,10H,2,8H2,1H3,(H,13,16)(H,14,15). The van der Waals surface area contributed by atoms with Crippen molar-refractivity contribution in [2.45, 2.75) is 19.4 Å². The van der Waals surface area contributed by atoms with Crippen LogP contribution in [0.2, 0.25) is 0 Å². The Morgan fingerprint density at radius 1 is 1.35 bits per heavy atom. The van der Waals surface area contributed by atoms with E-state index in [-0.39, 0.29) is 13.0 Å². The number of nitrogens with one attached hydrogen (secondary N) is 1. The van der Waals surface area contributed by atoms with Gasteiger partial charge in [-0.05, 0) is 12.5 Å². The van der Waals surface area contributed by atoms with Crippen molar-refractivity contribution in [1.29, 1.82) is 0 Å². The van der Waals surface area contributed by atoms with Crippen LogP contribution < -0.4 is 5.32 Å². The maximum absolute atomic E-state index is 11.3. The van der Waals surface area contributed by atoms with Crippen LogP contribution in [0.3, 0.4) is 0 Å². The Hall–Kier alpha value is -2.04. The molecule has 5 nitrogen and oxygen atoms in total. The number of benzene rings is 1. The number of carbonyl (C=O) groups excluding carboxylic acids is 1. The molecular formula is C12H15NO4. The van der Waals surface area contributed by atoms with Gasteiger partial charge in [-0.2, -0.15) is 0 Å². The highest BCUT2D eigenvalue weighted by Crippen LogP contribution is 2.16. The number of aliphatic carboxylic acids is 1. The van der Waals surface area contributed by atoms with Crippen LogP contribution in [-0.4, -0.2) is 23.8 Å². The van der Waals surface area contributed by atoms with Gasteiger partial charge in [-0.3, -0.25) is 4.79 Å². The van der Waals surface area contributed by atoms with E-state index in [1.165, 1.54) is 0 Å². The SMILES string of the molecule is CCOC(=O)NC(CC(=O)O)c1ccccc1. The minimum atomic E-state index is -0.976. The largest absolute Gasteiger partial charge is 0.481 e. The van der Waals surface area contributed by atoms with Crippen molar-refractivity contribution in [3.8, 4) is 0 Å². The van der Waals surface area contributed by atoms with Gasteiger partial charge in [0.15, 0.2) is 0 Å². The first-order chi connectivity index (χ1) is 8.13. The Kier molecular flexibility index (Phi) is 5.00. The lowest BCUT2D eigenvalue weighted by atomic mass is 10.0. The minimum absolute atomic E-state index is 0.178. The molecule has 0 aromatic heterocycles. The number of carboxylic acid groups (broad SMARTS) is 1. The zero-order valence-corrected chi connectivity index (χ0v) is 9.55. The molecule has 0 spiro atoms. The summed E-state index contributed by atoms with van der Waals surface area (Å²) in [5, 5.41) is 11.3. The Balaban J connectivity index is 2.74. The van der Waals surface area contributed by atoms with Gasteiger partial charge in [0.05, 0.1) is 19.1 Å². The van der Waals surface area contributed by atoms with Crippen molar-refractivity contribution in [2.75, 3.05) is 6.61 Å². The second-order valence-corrected chi connectivity index (χ2v) is 3.43. The fourth-order valence-electron chi connectivity index (χ4n) is 1.43. The van der Waals surface area contributed by atoms with Gasteiger partial charge in [-0.1, -0.05) is 30.3 Å². The van der Waals surface area contributed by atoms with Gasteiger partial charge in [-0.15, -0.1) is 0 Å². The fraction of sp³-hybridized carbons (Fsp3) is 0.333. The minimum Gasteiger partial charge on any atom is -0.481 e. The summed E-state index contributed by atoms with van der Waals surface area (Å²) in [7, 11) is 0. The summed E-state index contributed by atoms with van der Waals surface area (Å²) in [6.45, 7) is 1.94. The van der Waals surface area contributed by atoms with Crippen molar-refractivity contribution >= 4 is 12.1 Å². The third kappa shape index (κ3) is 4.55. The lowest BCUT2D eigenvalue weighted by Crippen LogP contribution is -2.30. The zero-order chi connectivity index (χ0) is 12.7. The molecule has 1 aromatic rings. The maximum Gasteiger partial charge on any atom is 0.407 e. The van der Waals surface area contributed by atoms with Crippen molar-refractivity contribution in [2.24, 2.45) is 0 Å². The van der Waals surface area contributed by atoms with Crippen LogP contribution in [0.1, 0.15) is 24.9 Å². The highest BCUT2D eigenvalue weighted by Gasteiger charge is 2.18. The van der Waals surface area contributed by atoms with Crippen LogP contribution >= 0.6 is 0 Å². The van der Waals surface area contributed by atoms with Gasteiger partial charge >= 0.3 is 12.1 Å². The number of carboxylic acids is 1. The summed E-state index contributed by atoms with van der Waals surface area (Å²) in [5.74, 6) is -0.976. The maximum atomic E-state index is 11.3. The molecule has 0 fully saturated rings. The molecule has 0 aliphatic heterocycles. The summed E-state index contributed by atoms with van der Waals surface area (Å²) in [4.78, 5) is 22.0. The van der Waals surface area contributed by atoms with E-state index in [0.717, 1.165) is 5.56 Å². The van der Waals surface area contributed by atoms with Gasteiger partial charge in [0.2, 0.25) is 0 Å². The Bertz CT molecular complexity index is 377. The van der Waals surface area contributed by atoms with Crippen LogP contribution in [0.5, 0.6) is 0 Å². The van der Waals surface area contributed by atoms with Gasteiger partial charge in [0.25, 0.3) is 0 Å². The van der Waals surface area contributed by atoms with Crippen LogP contribution in [0.15, 0.2) is 30.3 Å². The molecule has 0 saturated carbocycles. The lowest BCUT2D eigenvalue weighted by molar-refractivity contribution is -0.137. The van der Waals surface area contributed by atoms with E-state index >= 15 is 0 Å². The van der Waals surface area contributed by atoms with E-state index in [4.69, 9.17) is 9.84 Å². The van der Waals surface area contributed by atoms with Gasteiger partial charge in [-0.25, -0.2) is 4.79 Å². The quantitative estimate of drug-likeness (QED) is 0.820. The topological polar surface area (TPSA) is 75.6 Å². The van der Waals surface area contributed by atoms with Gasteiger partial charge in [0, 0.05) is 0 Å². The van der Waals surface area contributed by atoms with E-state index in [2.05, 4.69) is 5.32 Å². The predicted octanol–water partition coefficient (Wildman–Crippen LogP) is 1.95. The summed E-state index contributed by atoms with van der Waals surface area (Å²) in [5.41, 5.74) is 0.739. The number of alkyl carbamates (subject to hydrolysis) is 1. The number of rotatable bonds is 5. The van der Waals surface area contributed by atoms with E-state index in [1.807, 2.05) is 6.07 Å². The normalized spacial score (nSPS) is 11.6. The average molecular weight is 237 g/mol. The molecule has 17 heavy (non-hydrogen) atoms. The molecule has 0 saturated heterocycles. The molecule has 0 aliphatic carbocycles. The van der Waals surface area contributed by atoms with Crippen molar-refractivity contribution < 1.29 is 19.4 Å². The van der Waals surface area contributed by atoms with Crippen molar-refractivity contribution in [3.05, 3.63) is 35.9 Å². The second kappa shape index (κ2) is 6.52. The highest BCUT2D eigenvalue weighted by atomic mass is 16.5. The molecule has 0 radical (unpaired) electrons. The summed E-state index contributed by atoms with van der Waals surface area (Å²) >= 11 is 0. The third-order valence-electron chi connectivity index (χ3n) is 2.15. The van der Waals surface area contributed by atoms with Crippen molar-refractivity contribution in [1.82, 2.24) is 5.32 Å². The fourth-order valence-corrected chi connectivity index (χ4v) is 1.43. The summed E-state index contributed by atoms with van der Waals surface area (Å²) in [6, 6.07) is 8.35. The molecule has 5 heteroatoms. The molecule has 1 unspecified atom stereocenters. The van der Waals surface area contributed by atoms with Crippen LogP contribution in [0.4, 0.5) is 4.79 Å². The van der Waals surface area contributed by atoms with Crippen molar-refractivity contribution in [3.63, 3.8) is 0 Å². The Morgan fingerprint density at radius 3 is 2.53 bits per heavy atom. The van der Waals surface area contributed by atoms with E-state index in [9.17, 15) is 9.59 Å². The number of hydrogen-bond acceptors (Lipinski definition) is 3. The number of carbonyl (C=O) groups is 2. The average Bonchev–Trinajstić information content (AvgIpc) is 2.29. The Labute approximate surface area is 99.4 Å². The van der Waals surface area contributed by atoms with Crippen LogP contribution in [0.25, 0.3) is 0 Å². The number of hydrogen-bond donors (Lipinski definition) is 2. The van der Waals surface area contributed by atoms with E-state index < -0.39 is 18.1 Å². The molecule has 0 aliphatic rings. The first-order valence-corrected chi connectivity index (χ1v) is 5.33. The predicted molar refractivity (Wildman–Crippen MR) is 61.6 cm³/mol. The first-order valence-electron chi connectivity index (χ1n) is 5.33. The molecule has 1 amide bonds. The molecule has 2 N–H and O–H groups in total. The van der Waals surface area contributed by atoms with E-state index in [1.54, 1.807) is 31.2 Å². The highest BCUT2D eigenvalue weighted by molar-refractivity contribution is 5.71. The monoisotopic (exact) mass is 237 g/mol. The lowest BCUT2D eigenvalue weighted by Gasteiger charge is -2.16. The Morgan fingerprint density at radius 2 is 2.00 bits per heavy atom. The van der Waals surface area contributed by atoms with E-state index in [0.29, 0.717) is 0 Å². The zero-order valence-electron chi connectivity index (χ0n) is 9.55. The summed E-state index contributed by atoms with van der Waals surface area (Å²) in [6.07, 6.45) is -0.786. The molecular weight excluding hydrogens is 222 g/mol.